The van der Waals surface area contributed by atoms with Gasteiger partial charge in [0, 0.05) is 10.0 Å². The highest BCUT2D eigenvalue weighted by Crippen LogP contribution is 2.25. The smallest absolute Gasteiger partial charge is 0.265 e. The van der Waals surface area contributed by atoms with E-state index >= 15 is 0 Å². The van der Waals surface area contributed by atoms with E-state index in [2.05, 4.69) is 41.8 Å². The van der Waals surface area contributed by atoms with Crippen molar-refractivity contribution in [3.8, 4) is 11.4 Å². The Bertz CT molecular complexity index is 663. The van der Waals surface area contributed by atoms with Crippen LogP contribution < -0.4 is 5.56 Å². The second kappa shape index (κ2) is 5.54. The summed E-state index contributed by atoms with van der Waals surface area (Å²) in [6, 6.07) is 4.39. The Kier molecular flexibility index (Phi) is 4.20. The number of hydrogen-bond donors (Lipinski definition) is 1. The quantitative estimate of drug-likeness (QED) is 0.835. The molecule has 1 heterocycles. The number of nitrogens with one attached hydrogen (secondary N) is 1. The second-order valence-electron chi connectivity index (χ2n) is 4.43. The normalized spacial score (nSPS) is 11.1. The van der Waals surface area contributed by atoms with Gasteiger partial charge in [0.1, 0.15) is 16.1 Å². The maximum atomic E-state index is 13.4. The van der Waals surface area contributed by atoms with Gasteiger partial charge in [0.2, 0.25) is 0 Å². The van der Waals surface area contributed by atoms with E-state index in [0.29, 0.717) is 26.0 Å². The fourth-order valence-corrected chi connectivity index (χ4v) is 2.80. The standard InChI is InChI=1S/C13H11Br2FN2O/c1-6(2)11-10(15)13(19)18-12(17-11)7-3-8(14)5-9(16)4-7/h3-6H,1-2H3,(H,17,18,19). The van der Waals surface area contributed by atoms with E-state index in [1.54, 1.807) is 6.07 Å². The maximum absolute atomic E-state index is 13.4. The Morgan fingerprint density at radius 3 is 2.53 bits per heavy atom. The van der Waals surface area contributed by atoms with E-state index in [4.69, 9.17) is 0 Å². The van der Waals surface area contributed by atoms with Crippen molar-refractivity contribution in [1.82, 2.24) is 9.97 Å². The van der Waals surface area contributed by atoms with Crippen LogP contribution in [0.2, 0.25) is 0 Å². The third-order valence-electron chi connectivity index (χ3n) is 2.57. The van der Waals surface area contributed by atoms with E-state index in [-0.39, 0.29) is 17.3 Å². The van der Waals surface area contributed by atoms with Gasteiger partial charge < -0.3 is 4.98 Å². The predicted octanol–water partition coefficient (Wildman–Crippen LogP) is 4.22. The third-order valence-corrected chi connectivity index (χ3v) is 3.80. The summed E-state index contributed by atoms with van der Waals surface area (Å²) < 4.78 is 14.4. The Morgan fingerprint density at radius 2 is 1.95 bits per heavy atom. The predicted molar refractivity (Wildman–Crippen MR) is 79.7 cm³/mol. The van der Waals surface area contributed by atoms with Crippen molar-refractivity contribution in [3.05, 3.63) is 49.0 Å². The maximum Gasteiger partial charge on any atom is 0.265 e. The molecule has 100 valence electrons. The fourth-order valence-electron chi connectivity index (χ4n) is 1.69. The Morgan fingerprint density at radius 1 is 1.26 bits per heavy atom. The molecule has 0 spiro atoms. The summed E-state index contributed by atoms with van der Waals surface area (Å²) in [7, 11) is 0. The number of aromatic nitrogens is 2. The molecule has 3 nitrogen and oxygen atoms in total. The van der Waals surface area contributed by atoms with Crippen molar-refractivity contribution >= 4 is 31.9 Å². The van der Waals surface area contributed by atoms with Crippen molar-refractivity contribution in [2.45, 2.75) is 19.8 Å². The van der Waals surface area contributed by atoms with E-state index < -0.39 is 0 Å². The van der Waals surface area contributed by atoms with Crippen LogP contribution in [0, 0.1) is 5.82 Å². The van der Waals surface area contributed by atoms with Crippen molar-refractivity contribution in [2.75, 3.05) is 0 Å². The molecular weight excluding hydrogens is 379 g/mol. The first-order valence-corrected chi connectivity index (χ1v) is 7.23. The minimum Gasteiger partial charge on any atom is -0.306 e. The van der Waals surface area contributed by atoms with Gasteiger partial charge in [-0.3, -0.25) is 4.79 Å². The molecule has 2 aromatic rings. The first kappa shape index (κ1) is 14.4. The fraction of sp³-hybridized carbons (Fsp3) is 0.231. The Balaban J connectivity index is 2.66. The summed E-state index contributed by atoms with van der Waals surface area (Å²) in [4.78, 5) is 18.9. The number of rotatable bonds is 2. The summed E-state index contributed by atoms with van der Waals surface area (Å²) in [6.45, 7) is 3.88. The molecule has 0 saturated carbocycles. The molecule has 1 aromatic heterocycles. The number of halogens is 3. The third kappa shape index (κ3) is 3.12. The van der Waals surface area contributed by atoms with Crippen LogP contribution in [0.3, 0.4) is 0 Å². The van der Waals surface area contributed by atoms with E-state index in [1.807, 2.05) is 13.8 Å². The van der Waals surface area contributed by atoms with Gasteiger partial charge >= 0.3 is 0 Å². The monoisotopic (exact) mass is 388 g/mol. The number of hydrogen-bond acceptors (Lipinski definition) is 2. The summed E-state index contributed by atoms with van der Waals surface area (Å²) in [5, 5.41) is 0. The Hall–Kier alpha value is -1.01. The van der Waals surface area contributed by atoms with Crippen molar-refractivity contribution in [3.63, 3.8) is 0 Å². The van der Waals surface area contributed by atoms with E-state index in [9.17, 15) is 9.18 Å². The molecule has 0 radical (unpaired) electrons. The average Bonchev–Trinajstić information content (AvgIpc) is 2.30. The zero-order valence-corrected chi connectivity index (χ0v) is 13.5. The molecule has 0 bridgehead atoms. The van der Waals surface area contributed by atoms with Gasteiger partial charge in [-0.05, 0) is 40.0 Å². The molecule has 0 fully saturated rings. The van der Waals surface area contributed by atoms with E-state index in [0.717, 1.165) is 0 Å². The van der Waals surface area contributed by atoms with Gasteiger partial charge in [-0.2, -0.15) is 0 Å². The Labute approximate surface area is 126 Å². The molecule has 1 N–H and O–H groups in total. The molecule has 6 heteroatoms. The van der Waals surface area contributed by atoms with Crippen LogP contribution in [-0.2, 0) is 0 Å². The molecule has 0 amide bonds. The van der Waals surface area contributed by atoms with Crippen LogP contribution in [0.1, 0.15) is 25.5 Å². The van der Waals surface area contributed by atoms with Crippen LogP contribution in [0.25, 0.3) is 11.4 Å². The second-order valence-corrected chi connectivity index (χ2v) is 6.14. The lowest BCUT2D eigenvalue weighted by Crippen LogP contribution is -2.14. The van der Waals surface area contributed by atoms with Crippen LogP contribution in [0.15, 0.2) is 31.9 Å². The van der Waals surface area contributed by atoms with Crippen molar-refractivity contribution in [1.29, 1.82) is 0 Å². The summed E-state index contributed by atoms with van der Waals surface area (Å²) in [6.07, 6.45) is 0. The summed E-state index contributed by atoms with van der Waals surface area (Å²) >= 11 is 6.45. The van der Waals surface area contributed by atoms with Crippen LogP contribution in [0.4, 0.5) is 4.39 Å². The molecule has 0 aliphatic rings. The number of H-pyrrole nitrogens is 1. The van der Waals surface area contributed by atoms with E-state index in [1.165, 1.54) is 12.1 Å². The average molecular weight is 390 g/mol. The van der Waals surface area contributed by atoms with Crippen LogP contribution in [0.5, 0.6) is 0 Å². The van der Waals surface area contributed by atoms with Crippen molar-refractivity contribution in [2.24, 2.45) is 0 Å². The van der Waals surface area contributed by atoms with Gasteiger partial charge in [-0.1, -0.05) is 29.8 Å². The number of aromatic amines is 1. The summed E-state index contributed by atoms with van der Waals surface area (Å²) in [5.74, 6) is 0.0607. The molecule has 0 aliphatic heterocycles. The van der Waals surface area contributed by atoms with Gasteiger partial charge in [-0.15, -0.1) is 0 Å². The molecule has 0 saturated heterocycles. The zero-order valence-electron chi connectivity index (χ0n) is 10.3. The van der Waals surface area contributed by atoms with Gasteiger partial charge in [0.25, 0.3) is 5.56 Å². The number of benzene rings is 1. The highest BCUT2D eigenvalue weighted by atomic mass is 79.9. The molecule has 0 atom stereocenters. The molecule has 2 rings (SSSR count). The minimum atomic E-state index is -0.388. The van der Waals surface area contributed by atoms with Gasteiger partial charge in [0.15, 0.2) is 0 Å². The first-order chi connectivity index (χ1) is 8.88. The van der Waals surface area contributed by atoms with Crippen LogP contribution >= 0.6 is 31.9 Å². The first-order valence-electron chi connectivity index (χ1n) is 5.64. The van der Waals surface area contributed by atoms with Crippen molar-refractivity contribution < 1.29 is 4.39 Å². The minimum absolute atomic E-state index is 0.0902. The lowest BCUT2D eigenvalue weighted by Gasteiger charge is -2.09. The largest absolute Gasteiger partial charge is 0.306 e. The van der Waals surface area contributed by atoms with Gasteiger partial charge in [-0.25, -0.2) is 9.37 Å². The highest BCUT2D eigenvalue weighted by Gasteiger charge is 2.13. The SMILES string of the molecule is CC(C)c1nc(-c2cc(F)cc(Br)c2)[nH]c(=O)c1Br. The zero-order chi connectivity index (χ0) is 14.2. The molecule has 1 aromatic carbocycles. The topological polar surface area (TPSA) is 45.8 Å². The molecular formula is C13H11Br2FN2O. The summed E-state index contributed by atoms with van der Waals surface area (Å²) in [5.41, 5.74) is 0.909. The lowest BCUT2D eigenvalue weighted by molar-refractivity contribution is 0.627. The molecule has 19 heavy (non-hydrogen) atoms. The number of nitrogens with zero attached hydrogens (tertiary/aromatic N) is 1. The molecule has 0 aliphatic carbocycles. The van der Waals surface area contributed by atoms with Gasteiger partial charge in [0.05, 0.1) is 5.69 Å². The lowest BCUT2D eigenvalue weighted by atomic mass is 10.1. The highest BCUT2D eigenvalue weighted by molar-refractivity contribution is 9.10. The molecule has 0 unspecified atom stereocenters. The van der Waals surface area contributed by atoms with Crippen LogP contribution in [-0.4, -0.2) is 9.97 Å².